The normalized spacial score (nSPS) is 21.4. The number of allylic oxidation sites excluding steroid dienone is 6. The zero-order valence-corrected chi connectivity index (χ0v) is 30.5. The van der Waals surface area contributed by atoms with E-state index in [0.717, 1.165) is 42.8 Å². The molecule has 9 nitrogen and oxygen atoms in total. The van der Waals surface area contributed by atoms with E-state index < -0.39 is 21.5 Å². The van der Waals surface area contributed by atoms with Gasteiger partial charge in [-0.15, -0.1) is 0 Å². The van der Waals surface area contributed by atoms with Crippen LogP contribution in [0.4, 0.5) is 11.4 Å². The number of hydrogen-bond donors (Lipinski definition) is 2. The van der Waals surface area contributed by atoms with Gasteiger partial charge in [0.25, 0.3) is 10.1 Å². The number of benzene rings is 2. The maximum absolute atomic E-state index is 12.2. The van der Waals surface area contributed by atoms with Crippen LogP contribution in [0.2, 0.25) is 0 Å². The van der Waals surface area contributed by atoms with Crippen molar-refractivity contribution in [2.75, 3.05) is 44.4 Å². The van der Waals surface area contributed by atoms with Gasteiger partial charge in [-0.2, -0.15) is 13.0 Å². The molecule has 266 valence electrons. The van der Waals surface area contributed by atoms with Crippen LogP contribution in [0.15, 0.2) is 83.4 Å². The highest BCUT2D eigenvalue weighted by Crippen LogP contribution is 2.50. The molecule has 4 rings (SSSR count). The van der Waals surface area contributed by atoms with Crippen molar-refractivity contribution >= 4 is 33.2 Å². The van der Waals surface area contributed by atoms with E-state index in [1.165, 1.54) is 23.0 Å². The molecule has 2 aliphatic heterocycles. The Kier molecular flexibility index (Phi) is 13.2. The summed E-state index contributed by atoms with van der Waals surface area (Å²) in [5, 5.41) is 9.10. The molecule has 0 aromatic heterocycles. The van der Waals surface area contributed by atoms with Crippen LogP contribution in [0.1, 0.15) is 84.3 Å². The SMILES string of the molecule is CCOCCC1(C)C(C=CC=C/C=C2/N(CC)c3ccccc3C2(C)CCOCC)=[N+](CCCCCC(=O)O)c2ccc(S(=O)(=O)O)cc21. The highest BCUT2D eigenvalue weighted by atomic mass is 32.2. The highest BCUT2D eigenvalue weighted by Gasteiger charge is 2.48. The molecule has 0 saturated heterocycles. The number of likely N-dealkylation sites (N-methyl/N-ethyl adjacent to an activating group) is 1. The molecule has 2 atom stereocenters. The van der Waals surface area contributed by atoms with Crippen molar-refractivity contribution in [1.29, 1.82) is 0 Å². The third-order valence-corrected chi connectivity index (χ3v) is 10.7. The van der Waals surface area contributed by atoms with E-state index in [-0.39, 0.29) is 16.7 Å². The lowest BCUT2D eigenvalue weighted by molar-refractivity contribution is -0.438. The minimum atomic E-state index is -4.41. The first-order valence-electron chi connectivity index (χ1n) is 17.5. The predicted octanol–water partition coefficient (Wildman–Crippen LogP) is 7.58. The zero-order valence-electron chi connectivity index (χ0n) is 29.7. The fourth-order valence-corrected chi connectivity index (χ4v) is 7.74. The quantitative estimate of drug-likeness (QED) is 0.0670. The fraction of sp³-hybridized carbons (Fsp3) is 0.487. The van der Waals surface area contributed by atoms with Gasteiger partial charge in [-0.1, -0.05) is 36.4 Å². The summed E-state index contributed by atoms with van der Waals surface area (Å²) in [6.07, 6.45) is 14.1. The predicted molar refractivity (Wildman–Crippen MR) is 195 cm³/mol. The number of rotatable bonds is 19. The van der Waals surface area contributed by atoms with Crippen molar-refractivity contribution in [1.82, 2.24) is 0 Å². The smallest absolute Gasteiger partial charge is 0.303 e. The lowest BCUT2D eigenvalue weighted by Crippen LogP contribution is -2.33. The Morgan fingerprint density at radius 3 is 2.24 bits per heavy atom. The Balaban J connectivity index is 1.72. The van der Waals surface area contributed by atoms with Gasteiger partial charge in [-0.25, -0.2) is 0 Å². The first kappa shape index (κ1) is 38.2. The summed E-state index contributed by atoms with van der Waals surface area (Å²) in [6.45, 7) is 14.4. The zero-order chi connectivity index (χ0) is 35.7. The topological polar surface area (TPSA) is 116 Å². The molecular formula is C39H53N2O7S+. The number of carboxylic acids is 1. The van der Waals surface area contributed by atoms with Crippen LogP contribution < -0.4 is 4.90 Å². The van der Waals surface area contributed by atoms with Gasteiger partial charge in [0.2, 0.25) is 5.69 Å². The van der Waals surface area contributed by atoms with E-state index in [0.29, 0.717) is 45.8 Å². The van der Waals surface area contributed by atoms with E-state index in [1.54, 1.807) is 12.1 Å². The molecule has 0 bridgehead atoms. The Morgan fingerprint density at radius 1 is 0.898 bits per heavy atom. The van der Waals surface area contributed by atoms with Gasteiger partial charge in [-0.3, -0.25) is 9.35 Å². The molecule has 2 aliphatic rings. The van der Waals surface area contributed by atoms with Gasteiger partial charge in [0, 0.05) is 80.3 Å². The number of unbranched alkanes of at least 4 members (excludes halogenated alkanes) is 2. The standard InChI is InChI=1S/C39H52N2O7S/c1-6-40-33-18-15-14-17-31(33)38(4,24-27-47-7-2)35(40)19-11-9-12-20-36-39(5,25-28-48-8-3)32-29-30(49(44,45)46)22-23-34(32)41(36)26-16-10-13-21-37(42)43/h9,11-12,14-15,17-20,22-23,29H,6-8,10,13,16,21,24-28H2,1-5H3,(H-,42,43,44,45,46)/p+1. The van der Waals surface area contributed by atoms with Crippen LogP contribution in [-0.2, 0) is 35.2 Å². The van der Waals surface area contributed by atoms with Gasteiger partial charge in [-0.05, 0) is 90.1 Å². The Labute approximate surface area is 292 Å². The van der Waals surface area contributed by atoms with Crippen molar-refractivity contribution in [3.05, 3.63) is 89.7 Å². The summed E-state index contributed by atoms with van der Waals surface area (Å²) >= 11 is 0. The maximum atomic E-state index is 12.2. The van der Waals surface area contributed by atoms with Crippen LogP contribution in [-0.4, -0.2) is 73.9 Å². The van der Waals surface area contributed by atoms with Crippen molar-refractivity contribution in [3.8, 4) is 0 Å². The van der Waals surface area contributed by atoms with Crippen LogP contribution in [0.25, 0.3) is 0 Å². The molecule has 0 aliphatic carbocycles. The van der Waals surface area contributed by atoms with Crippen molar-refractivity contribution in [3.63, 3.8) is 0 Å². The number of fused-ring (bicyclic) bond motifs is 2. The molecule has 2 N–H and O–H groups in total. The highest BCUT2D eigenvalue weighted by molar-refractivity contribution is 7.85. The Morgan fingerprint density at radius 2 is 1.59 bits per heavy atom. The van der Waals surface area contributed by atoms with Crippen LogP contribution in [0, 0.1) is 0 Å². The second-order valence-electron chi connectivity index (χ2n) is 13.0. The van der Waals surface area contributed by atoms with Crippen molar-refractivity contribution < 1.29 is 36.9 Å². The lowest BCUT2D eigenvalue weighted by Gasteiger charge is -2.29. The van der Waals surface area contributed by atoms with Gasteiger partial charge in [0.15, 0.2) is 5.71 Å². The average Bonchev–Trinajstić information content (AvgIpc) is 3.44. The monoisotopic (exact) mass is 693 g/mol. The minimum Gasteiger partial charge on any atom is -0.481 e. The van der Waals surface area contributed by atoms with E-state index in [2.05, 4.69) is 72.7 Å². The Bertz CT molecular complexity index is 1710. The summed E-state index contributed by atoms with van der Waals surface area (Å²) in [6, 6.07) is 13.4. The second kappa shape index (κ2) is 16.9. The number of para-hydroxylation sites is 1. The molecule has 0 fully saturated rings. The summed E-state index contributed by atoms with van der Waals surface area (Å²) in [5.74, 6) is -0.803. The third-order valence-electron chi connectivity index (χ3n) is 9.87. The third kappa shape index (κ3) is 8.60. The lowest BCUT2D eigenvalue weighted by atomic mass is 9.76. The molecule has 0 radical (unpaired) electrons. The van der Waals surface area contributed by atoms with E-state index in [4.69, 9.17) is 14.6 Å². The average molecular weight is 694 g/mol. The van der Waals surface area contributed by atoms with Gasteiger partial charge < -0.3 is 19.5 Å². The minimum absolute atomic E-state index is 0.127. The number of nitrogens with zero attached hydrogens (tertiary/aromatic N) is 2. The number of carboxylic acid groups (broad SMARTS) is 1. The van der Waals surface area contributed by atoms with Crippen LogP contribution >= 0.6 is 0 Å². The molecule has 0 spiro atoms. The Hall–Kier alpha value is -3.57. The van der Waals surface area contributed by atoms with Crippen molar-refractivity contribution in [2.45, 2.75) is 88.9 Å². The number of hydrogen-bond acceptors (Lipinski definition) is 6. The van der Waals surface area contributed by atoms with Crippen LogP contribution in [0.5, 0.6) is 0 Å². The number of anilines is 1. The molecular weight excluding hydrogens is 641 g/mol. The summed E-state index contributed by atoms with van der Waals surface area (Å²) in [4.78, 5) is 13.3. The van der Waals surface area contributed by atoms with E-state index >= 15 is 0 Å². The molecule has 2 heterocycles. The van der Waals surface area contributed by atoms with Crippen LogP contribution in [0.3, 0.4) is 0 Å². The first-order chi connectivity index (χ1) is 23.4. The van der Waals surface area contributed by atoms with Gasteiger partial charge in [0.05, 0.1) is 10.3 Å². The number of aliphatic carboxylic acids is 1. The van der Waals surface area contributed by atoms with Crippen molar-refractivity contribution in [2.24, 2.45) is 0 Å². The van der Waals surface area contributed by atoms with E-state index in [9.17, 15) is 17.8 Å². The maximum Gasteiger partial charge on any atom is 0.303 e. The first-order valence-corrected chi connectivity index (χ1v) is 18.9. The van der Waals surface area contributed by atoms with E-state index in [1.807, 2.05) is 26.0 Å². The molecule has 49 heavy (non-hydrogen) atoms. The second-order valence-corrected chi connectivity index (χ2v) is 14.4. The summed E-state index contributed by atoms with van der Waals surface area (Å²) < 4.78 is 48.0. The largest absolute Gasteiger partial charge is 0.481 e. The molecule has 10 heteroatoms. The summed E-state index contributed by atoms with van der Waals surface area (Å²) in [5.41, 5.74) is 5.65. The number of carbonyl (C=O) groups is 1. The molecule has 0 amide bonds. The molecule has 2 aromatic rings. The fourth-order valence-electron chi connectivity index (χ4n) is 7.24. The van der Waals surface area contributed by atoms with Gasteiger partial charge in [0.1, 0.15) is 6.54 Å². The molecule has 0 saturated carbocycles. The molecule has 2 aromatic carbocycles. The molecule has 2 unspecified atom stereocenters. The number of ether oxygens (including phenoxy) is 2. The summed E-state index contributed by atoms with van der Waals surface area (Å²) in [7, 11) is -4.41. The van der Waals surface area contributed by atoms with Gasteiger partial charge >= 0.3 is 5.97 Å².